The lowest BCUT2D eigenvalue weighted by molar-refractivity contribution is -0.274. The van der Waals surface area contributed by atoms with Crippen LogP contribution in [0.15, 0.2) is 83.4 Å². The lowest BCUT2D eigenvalue weighted by Crippen LogP contribution is -2.35. The first-order valence-electron chi connectivity index (χ1n) is 13.0. The van der Waals surface area contributed by atoms with Gasteiger partial charge in [0.2, 0.25) is 5.91 Å². The Bertz CT molecular complexity index is 1840. The van der Waals surface area contributed by atoms with E-state index in [-0.39, 0.29) is 23.0 Å². The highest BCUT2D eigenvalue weighted by molar-refractivity contribution is 5.87. The van der Waals surface area contributed by atoms with Crippen molar-refractivity contribution in [2.45, 2.75) is 38.7 Å². The highest BCUT2D eigenvalue weighted by Gasteiger charge is 2.34. The molecule has 0 fully saturated rings. The minimum absolute atomic E-state index is 0.140. The third-order valence-electron chi connectivity index (χ3n) is 7.00. The molecule has 0 unspecified atom stereocenters. The van der Waals surface area contributed by atoms with Crippen LogP contribution in [0.3, 0.4) is 0 Å². The van der Waals surface area contributed by atoms with Crippen LogP contribution >= 0.6 is 0 Å². The molecule has 2 N–H and O–H groups in total. The minimum atomic E-state index is -4.88. The molecule has 5 aromatic rings. The molecule has 228 valence electrons. The molecule has 13 heteroatoms. The van der Waals surface area contributed by atoms with E-state index >= 15 is 0 Å². The van der Waals surface area contributed by atoms with E-state index in [0.717, 1.165) is 29.1 Å². The van der Waals surface area contributed by atoms with Crippen LogP contribution in [0, 0.1) is 6.92 Å². The van der Waals surface area contributed by atoms with Gasteiger partial charge in [-0.2, -0.15) is 18.3 Å². The van der Waals surface area contributed by atoms with E-state index < -0.39 is 35.3 Å². The van der Waals surface area contributed by atoms with E-state index in [1.54, 1.807) is 63.2 Å². The lowest BCUT2D eigenvalue weighted by atomic mass is 9.82. The summed E-state index contributed by atoms with van der Waals surface area (Å²) in [5.74, 6) is -0.635. The average molecular weight is 615 g/mol. The van der Waals surface area contributed by atoms with Gasteiger partial charge in [-0.15, -0.1) is 13.2 Å². The molecule has 0 radical (unpaired) electrons. The second kappa shape index (κ2) is 10.9. The fourth-order valence-electron chi connectivity index (χ4n) is 4.56. The number of hydrogen-bond donors (Lipinski definition) is 1. The number of primary amides is 1. The van der Waals surface area contributed by atoms with Crippen molar-refractivity contribution < 1.29 is 40.3 Å². The predicted octanol–water partition coefficient (Wildman–Crippen LogP) is 7.85. The van der Waals surface area contributed by atoms with Gasteiger partial charge in [0.15, 0.2) is 17.3 Å². The molecule has 5 rings (SSSR count). The normalized spacial score (nSPS) is 12.4. The first kappa shape index (κ1) is 30.4. The standard InChI is InChI=1S/C31H24F6N4O3/c1-17-39-26(18-7-10-22(11-8-18)44-31(35,36)37)27(43-17)23-16-20(19-5-4-6-21(15-19)29(2,3)28(38)42)9-12-24(23)41-14-13-25(40-41)30(32,33)34/h4-16H,1-3H3,(H2,38,42). The summed E-state index contributed by atoms with van der Waals surface area (Å²) in [5, 5.41) is 3.72. The van der Waals surface area contributed by atoms with Crippen LogP contribution < -0.4 is 10.5 Å². The minimum Gasteiger partial charge on any atom is -0.440 e. The summed E-state index contributed by atoms with van der Waals surface area (Å²) >= 11 is 0. The molecule has 0 aliphatic rings. The molecule has 0 aliphatic carbocycles. The SMILES string of the molecule is Cc1nc(-c2ccc(OC(F)(F)F)cc2)c(-c2cc(-c3cccc(C(C)(C)C(N)=O)c3)ccc2-n2ccc(C(F)(F)F)n2)o1. The molecule has 1 amide bonds. The topological polar surface area (TPSA) is 96.2 Å². The van der Waals surface area contributed by atoms with Crippen molar-refractivity contribution in [3.8, 4) is 45.1 Å². The number of oxazole rings is 1. The van der Waals surface area contributed by atoms with Crippen molar-refractivity contribution in [2.24, 2.45) is 5.73 Å². The zero-order valence-electron chi connectivity index (χ0n) is 23.4. The Morgan fingerprint density at radius 3 is 2.16 bits per heavy atom. The fraction of sp³-hybridized carbons (Fsp3) is 0.194. The molecular weight excluding hydrogens is 590 g/mol. The fourth-order valence-corrected chi connectivity index (χ4v) is 4.56. The van der Waals surface area contributed by atoms with Crippen LogP contribution in [0.2, 0.25) is 0 Å². The van der Waals surface area contributed by atoms with Crippen molar-refractivity contribution >= 4 is 5.91 Å². The van der Waals surface area contributed by atoms with Crippen LogP contribution in [-0.2, 0) is 16.4 Å². The first-order valence-corrected chi connectivity index (χ1v) is 13.0. The summed E-state index contributed by atoms with van der Waals surface area (Å²) in [5.41, 5.74) is 6.55. The van der Waals surface area contributed by atoms with Crippen LogP contribution in [0.4, 0.5) is 26.3 Å². The Morgan fingerprint density at radius 1 is 0.886 bits per heavy atom. The van der Waals surface area contributed by atoms with Gasteiger partial charge in [-0.1, -0.05) is 30.3 Å². The number of rotatable bonds is 7. The molecule has 2 aromatic heterocycles. The molecule has 0 bridgehead atoms. The number of aromatic nitrogens is 3. The molecule has 0 atom stereocenters. The Labute approximate surface area is 246 Å². The van der Waals surface area contributed by atoms with Gasteiger partial charge in [0.05, 0.1) is 11.1 Å². The average Bonchev–Trinajstić information content (AvgIpc) is 3.60. The maximum atomic E-state index is 13.4. The summed E-state index contributed by atoms with van der Waals surface area (Å²) in [4.78, 5) is 16.5. The van der Waals surface area contributed by atoms with Gasteiger partial charge in [-0.05, 0) is 73.0 Å². The summed E-state index contributed by atoms with van der Waals surface area (Å²) < 4.78 is 89.3. The third kappa shape index (κ3) is 6.17. The van der Waals surface area contributed by atoms with E-state index in [0.29, 0.717) is 27.8 Å². The van der Waals surface area contributed by atoms with Crippen molar-refractivity contribution in [1.29, 1.82) is 0 Å². The molecule has 0 saturated carbocycles. The monoisotopic (exact) mass is 614 g/mol. The van der Waals surface area contributed by atoms with E-state index in [9.17, 15) is 31.1 Å². The number of carbonyl (C=O) groups is 1. The molecule has 7 nitrogen and oxygen atoms in total. The van der Waals surface area contributed by atoms with E-state index in [2.05, 4.69) is 14.8 Å². The maximum Gasteiger partial charge on any atom is 0.573 e. The van der Waals surface area contributed by atoms with Crippen LogP contribution in [0.1, 0.15) is 31.0 Å². The van der Waals surface area contributed by atoms with Crippen molar-refractivity contribution in [2.75, 3.05) is 0 Å². The largest absolute Gasteiger partial charge is 0.573 e. The highest BCUT2D eigenvalue weighted by Crippen LogP contribution is 2.40. The van der Waals surface area contributed by atoms with Crippen LogP contribution in [0.5, 0.6) is 5.75 Å². The first-order chi connectivity index (χ1) is 20.5. The zero-order valence-corrected chi connectivity index (χ0v) is 23.4. The van der Waals surface area contributed by atoms with Crippen molar-refractivity contribution in [3.05, 3.63) is 96.1 Å². The quantitative estimate of drug-likeness (QED) is 0.188. The molecule has 0 aliphatic heterocycles. The van der Waals surface area contributed by atoms with Gasteiger partial charge >= 0.3 is 12.5 Å². The van der Waals surface area contributed by atoms with Gasteiger partial charge in [0, 0.05) is 24.2 Å². The third-order valence-corrected chi connectivity index (χ3v) is 7.00. The van der Waals surface area contributed by atoms with E-state index in [4.69, 9.17) is 10.2 Å². The number of amides is 1. The van der Waals surface area contributed by atoms with Crippen molar-refractivity contribution in [1.82, 2.24) is 14.8 Å². The summed E-state index contributed by atoms with van der Waals surface area (Å²) in [6.45, 7) is 4.93. The number of aryl methyl sites for hydroxylation is 1. The number of nitrogens with zero attached hydrogens (tertiary/aromatic N) is 3. The Morgan fingerprint density at radius 2 is 1.55 bits per heavy atom. The second-order valence-corrected chi connectivity index (χ2v) is 10.4. The maximum absolute atomic E-state index is 13.4. The molecule has 0 spiro atoms. The molecule has 3 aromatic carbocycles. The number of alkyl halides is 6. The van der Waals surface area contributed by atoms with Gasteiger partial charge in [-0.25, -0.2) is 9.67 Å². The van der Waals surface area contributed by atoms with E-state index in [1.165, 1.54) is 12.1 Å². The number of ether oxygens (including phenoxy) is 1. The number of nitrogens with two attached hydrogens (primary N) is 1. The van der Waals surface area contributed by atoms with Gasteiger partial charge in [0.25, 0.3) is 0 Å². The number of carbonyl (C=O) groups excluding carboxylic acids is 1. The summed E-state index contributed by atoms with van der Waals surface area (Å²) in [6, 6.07) is 17.8. The predicted molar refractivity (Wildman–Crippen MR) is 149 cm³/mol. The summed E-state index contributed by atoms with van der Waals surface area (Å²) in [6.07, 6.45) is -8.41. The van der Waals surface area contributed by atoms with E-state index in [1.807, 2.05) is 0 Å². The Kier molecular flexibility index (Phi) is 7.52. The van der Waals surface area contributed by atoms with Crippen LogP contribution in [0.25, 0.3) is 39.4 Å². The zero-order chi connectivity index (χ0) is 32.0. The summed E-state index contributed by atoms with van der Waals surface area (Å²) in [7, 11) is 0. The van der Waals surface area contributed by atoms with Gasteiger partial charge in [-0.3, -0.25) is 4.79 Å². The number of hydrogen-bond acceptors (Lipinski definition) is 5. The lowest BCUT2D eigenvalue weighted by Gasteiger charge is -2.22. The Balaban J connectivity index is 1.68. The molecule has 2 heterocycles. The highest BCUT2D eigenvalue weighted by atomic mass is 19.4. The molecule has 44 heavy (non-hydrogen) atoms. The van der Waals surface area contributed by atoms with Gasteiger partial charge < -0.3 is 14.9 Å². The van der Waals surface area contributed by atoms with Crippen LogP contribution in [-0.4, -0.2) is 27.0 Å². The molecule has 0 saturated heterocycles. The number of halogens is 6. The van der Waals surface area contributed by atoms with Crippen molar-refractivity contribution in [3.63, 3.8) is 0 Å². The second-order valence-electron chi connectivity index (χ2n) is 10.4. The Hall–Kier alpha value is -5.07. The number of benzene rings is 3. The van der Waals surface area contributed by atoms with Gasteiger partial charge in [0.1, 0.15) is 11.4 Å². The smallest absolute Gasteiger partial charge is 0.440 e. The molecular formula is C31H24F6N4O3.